The maximum atomic E-state index is 6.40. The van der Waals surface area contributed by atoms with E-state index >= 15 is 0 Å². The van der Waals surface area contributed by atoms with Crippen LogP contribution in [0.2, 0.25) is 0 Å². The minimum atomic E-state index is 0.0265. The molecule has 3 heteroatoms. The van der Waals surface area contributed by atoms with Crippen LogP contribution in [0.3, 0.4) is 0 Å². The molecule has 5 atom stereocenters. The van der Waals surface area contributed by atoms with Gasteiger partial charge in [-0.25, -0.2) is 0 Å². The number of rotatable bonds is 2. The quantitative estimate of drug-likeness (QED) is 0.775. The molecule has 3 rings (SSSR count). The monoisotopic (exact) mass is 225 g/mol. The van der Waals surface area contributed by atoms with Crippen LogP contribution in [0.25, 0.3) is 0 Å². The van der Waals surface area contributed by atoms with Gasteiger partial charge in [-0.2, -0.15) is 0 Å². The van der Waals surface area contributed by atoms with E-state index in [2.05, 4.69) is 6.92 Å². The molecule has 92 valence electrons. The predicted octanol–water partition coefficient (Wildman–Crippen LogP) is 1.56. The minimum Gasteiger partial charge on any atom is -0.378 e. The van der Waals surface area contributed by atoms with Gasteiger partial charge in [-0.15, -0.1) is 0 Å². The first-order valence-corrected chi connectivity index (χ1v) is 6.67. The van der Waals surface area contributed by atoms with Gasteiger partial charge in [-0.05, 0) is 37.0 Å². The molecule has 1 aliphatic carbocycles. The van der Waals surface area contributed by atoms with Gasteiger partial charge >= 0.3 is 0 Å². The van der Waals surface area contributed by atoms with Gasteiger partial charge in [-0.1, -0.05) is 6.92 Å². The van der Waals surface area contributed by atoms with Gasteiger partial charge in [-0.3, -0.25) is 0 Å². The molecule has 0 bridgehead atoms. The van der Waals surface area contributed by atoms with Crippen molar-refractivity contribution < 1.29 is 9.47 Å². The van der Waals surface area contributed by atoms with Crippen molar-refractivity contribution in [2.75, 3.05) is 19.8 Å². The zero-order chi connectivity index (χ0) is 11.2. The summed E-state index contributed by atoms with van der Waals surface area (Å²) < 4.78 is 11.5. The molecule has 5 unspecified atom stereocenters. The summed E-state index contributed by atoms with van der Waals surface area (Å²) in [6, 6.07) is 0.399. The molecule has 2 aliphatic heterocycles. The highest BCUT2D eigenvalue weighted by molar-refractivity contribution is 4.99. The van der Waals surface area contributed by atoms with E-state index in [1.807, 2.05) is 0 Å². The Morgan fingerprint density at radius 1 is 1.38 bits per heavy atom. The highest BCUT2D eigenvalue weighted by atomic mass is 16.6. The number of nitrogens with two attached hydrogens (primary N) is 1. The van der Waals surface area contributed by atoms with E-state index in [0.29, 0.717) is 12.0 Å². The molecule has 1 saturated carbocycles. The second kappa shape index (κ2) is 3.97. The van der Waals surface area contributed by atoms with E-state index in [9.17, 15) is 0 Å². The van der Waals surface area contributed by atoms with E-state index in [1.54, 1.807) is 0 Å². The SMILES string of the molecule is CC1CC1C(N)C1CCOC2(CCOC2)C1. The molecule has 2 N–H and O–H groups in total. The third-order valence-electron chi connectivity index (χ3n) is 4.81. The Bertz CT molecular complexity index is 263. The summed E-state index contributed by atoms with van der Waals surface area (Å²) in [4.78, 5) is 0. The van der Waals surface area contributed by atoms with Gasteiger partial charge in [0.2, 0.25) is 0 Å². The average Bonchev–Trinajstić information content (AvgIpc) is 2.85. The Morgan fingerprint density at radius 2 is 2.19 bits per heavy atom. The number of ether oxygens (including phenoxy) is 2. The molecular formula is C13H23NO2. The standard InChI is InChI=1S/C13H23NO2/c1-9-6-11(9)12(14)10-2-4-16-13(7-10)3-5-15-8-13/h9-12H,2-8,14H2,1H3. The van der Waals surface area contributed by atoms with E-state index in [0.717, 1.165) is 50.9 Å². The molecule has 3 aliphatic rings. The lowest BCUT2D eigenvalue weighted by molar-refractivity contribution is -0.102. The Balaban J connectivity index is 1.63. The van der Waals surface area contributed by atoms with Crippen LogP contribution in [0.15, 0.2) is 0 Å². The highest BCUT2D eigenvalue weighted by Crippen LogP contribution is 2.46. The molecule has 0 amide bonds. The van der Waals surface area contributed by atoms with Crippen molar-refractivity contribution >= 4 is 0 Å². The van der Waals surface area contributed by atoms with Gasteiger partial charge in [0.15, 0.2) is 0 Å². The summed E-state index contributed by atoms with van der Waals surface area (Å²) in [5, 5.41) is 0. The van der Waals surface area contributed by atoms with Crippen LogP contribution in [0.4, 0.5) is 0 Å². The summed E-state index contributed by atoms with van der Waals surface area (Å²) >= 11 is 0. The smallest absolute Gasteiger partial charge is 0.0939 e. The normalized spacial score (nSPS) is 49.5. The van der Waals surface area contributed by atoms with Crippen LogP contribution >= 0.6 is 0 Å². The molecule has 3 fully saturated rings. The molecule has 2 heterocycles. The Hall–Kier alpha value is -0.120. The summed E-state index contributed by atoms with van der Waals surface area (Å²) in [5.74, 6) is 2.29. The molecule has 0 aromatic heterocycles. The van der Waals surface area contributed by atoms with Crippen LogP contribution < -0.4 is 5.73 Å². The first-order chi connectivity index (χ1) is 7.70. The third kappa shape index (κ3) is 1.89. The fraction of sp³-hybridized carbons (Fsp3) is 1.00. The molecule has 3 nitrogen and oxygen atoms in total. The molecule has 0 aromatic carbocycles. The van der Waals surface area contributed by atoms with Crippen molar-refractivity contribution in [1.82, 2.24) is 0 Å². The fourth-order valence-corrected chi connectivity index (χ4v) is 3.49. The van der Waals surface area contributed by atoms with Crippen LogP contribution in [-0.4, -0.2) is 31.5 Å². The summed E-state index contributed by atoms with van der Waals surface area (Å²) in [6.07, 6.45) is 4.67. The lowest BCUT2D eigenvalue weighted by Crippen LogP contribution is -2.46. The molecule has 1 spiro atoms. The predicted molar refractivity (Wildman–Crippen MR) is 62.1 cm³/mol. The van der Waals surface area contributed by atoms with Crippen molar-refractivity contribution in [2.45, 2.75) is 44.2 Å². The fourth-order valence-electron chi connectivity index (χ4n) is 3.49. The van der Waals surface area contributed by atoms with Gasteiger partial charge < -0.3 is 15.2 Å². The van der Waals surface area contributed by atoms with Gasteiger partial charge in [0.25, 0.3) is 0 Å². The zero-order valence-electron chi connectivity index (χ0n) is 10.2. The van der Waals surface area contributed by atoms with E-state index in [-0.39, 0.29) is 5.60 Å². The molecule has 0 radical (unpaired) electrons. The van der Waals surface area contributed by atoms with Crippen molar-refractivity contribution in [3.63, 3.8) is 0 Å². The van der Waals surface area contributed by atoms with Crippen molar-refractivity contribution in [2.24, 2.45) is 23.5 Å². The minimum absolute atomic E-state index is 0.0265. The summed E-state index contributed by atoms with van der Waals surface area (Å²) in [5.41, 5.74) is 6.43. The summed E-state index contributed by atoms with van der Waals surface area (Å²) in [6.45, 7) is 4.85. The third-order valence-corrected chi connectivity index (χ3v) is 4.81. The van der Waals surface area contributed by atoms with Crippen molar-refractivity contribution in [1.29, 1.82) is 0 Å². The van der Waals surface area contributed by atoms with E-state index in [4.69, 9.17) is 15.2 Å². The second-order valence-corrected chi connectivity index (χ2v) is 6.04. The Morgan fingerprint density at radius 3 is 2.81 bits per heavy atom. The largest absolute Gasteiger partial charge is 0.378 e. The van der Waals surface area contributed by atoms with Gasteiger partial charge in [0, 0.05) is 25.7 Å². The number of hydrogen-bond donors (Lipinski definition) is 1. The zero-order valence-corrected chi connectivity index (χ0v) is 10.2. The molecular weight excluding hydrogens is 202 g/mol. The van der Waals surface area contributed by atoms with E-state index in [1.165, 1.54) is 6.42 Å². The van der Waals surface area contributed by atoms with Crippen molar-refractivity contribution in [3.8, 4) is 0 Å². The highest BCUT2D eigenvalue weighted by Gasteiger charge is 2.47. The maximum Gasteiger partial charge on any atom is 0.0939 e. The average molecular weight is 225 g/mol. The Labute approximate surface area is 97.7 Å². The van der Waals surface area contributed by atoms with E-state index < -0.39 is 0 Å². The lowest BCUT2D eigenvalue weighted by Gasteiger charge is -2.39. The summed E-state index contributed by atoms with van der Waals surface area (Å²) in [7, 11) is 0. The lowest BCUT2D eigenvalue weighted by atomic mass is 9.80. The number of hydrogen-bond acceptors (Lipinski definition) is 3. The molecule has 0 aromatic rings. The maximum absolute atomic E-state index is 6.40. The molecule has 2 saturated heterocycles. The van der Waals surface area contributed by atoms with Crippen LogP contribution in [0, 0.1) is 17.8 Å². The molecule has 16 heavy (non-hydrogen) atoms. The van der Waals surface area contributed by atoms with Gasteiger partial charge in [0.05, 0.1) is 12.2 Å². The Kier molecular flexibility index (Phi) is 2.73. The van der Waals surface area contributed by atoms with Crippen LogP contribution in [0.1, 0.15) is 32.6 Å². The van der Waals surface area contributed by atoms with Crippen LogP contribution in [0.5, 0.6) is 0 Å². The second-order valence-electron chi connectivity index (χ2n) is 6.04. The first kappa shape index (κ1) is 11.0. The topological polar surface area (TPSA) is 44.5 Å². The van der Waals surface area contributed by atoms with Crippen LogP contribution in [-0.2, 0) is 9.47 Å². The van der Waals surface area contributed by atoms with Gasteiger partial charge in [0.1, 0.15) is 0 Å². The van der Waals surface area contributed by atoms with Crippen molar-refractivity contribution in [3.05, 3.63) is 0 Å². The first-order valence-electron chi connectivity index (χ1n) is 6.67.